The summed E-state index contributed by atoms with van der Waals surface area (Å²) in [4.78, 5) is 34.5. The lowest BCUT2D eigenvalue weighted by molar-refractivity contribution is -0.117. The van der Waals surface area contributed by atoms with Crippen LogP contribution < -0.4 is 22.2 Å². The summed E-state index contributed by atoms with van der Waals surface area (Å²) in [5.41, 5.74) is 5.08. The zero-order valence-corrected chi connectivity index (χ0v) is 12.0. The number of nitrogens with zero attached hydrogens (tertiary/aromatic N) is 1. The first-order chi connectivity index (χ1) is 9.86. The molecule has 0 aliphatic heterocycles. The number of amides is 1. The van der Waals surface area contributed by atoms with Crippen molar-refractivity contribution >= 4 is 40.5 Å². The molecule has 1 amide bonds. The van der Waals surface area contributed by atoms with Crippen molar-refractivity contribution in [1.29, 1.82) is 0 Å². The Kier molecular flexibility index (Phi) is 4.35. The summed E-state index contributed by atoms with van der Waals surface area (Å²) in [6, 6.07) is 5.00. The fraction of sp³-hybridized carbons (Fsp3) is 0.0833. The summed E-state index contributed by atoms with van der Waals surface area (Å²) >= 11 is 11.9. The molecule has 7 nitrogen and oxygen atoms in total. The van der Waals surface area contributed by atoms with Crippen molar-refractivity contribution in [2.75, 3.05) is 11.1 Å². The highest BCUT2D eigenvalue weighted by Crippen LogP contribution is 2.32. The molecular formula is C12H10Cl2N4O3. The van der Waals surface area contributed by atoms with Crippen molar-refractivity contribution in [3.8, 4) is 0 Å². The minimum absolute atomic E-state index is 0.169. The molecule has 21 heavy (non-hydrogen) atoms. The van der Waals surface area contributed by atoms with E-state index in [-0.39, 0.29) is 22.3 Å². The van der Waals surface area contributed by atoms with E-state index in [9.17, 15) is 14.4 Å². The number of carbonyl (C=O) groups excluding carboxylic acids is 1. The Morgan fingerprint density at radius 2 is 1.86 bits per heavy atom. The van der Waals surface area contributed by atoms with Gasteiger partial charge in [0, 0.05) is 17.8 Å². The summed E-state index contributed by atoms with van der Waals surface area (Å²) in [6.07, 6.45) is 0. The van der Waals surface area contributed by atoms with Gasteiger partial charge in [-0.1, -0.05) is 23.2 Å². The molecule has 0 unspecified atom stereocenters. The van der Waals surface area contributed by atoms with Gasteiger partial charge in [-0.25, -0.2) is 4.68 Å². The number of anilines is 2. The van der Waals surface area contributed by atoms with E-state index in [1.54, 1.807) is 0 Å². The number of nitrogens with two attached hydrogens (primary N) is 1. The third-order valence-electron chi connectivity index (χ3n) is 2.52. The number of aromatic amines is 1. The number of carbonyl (C=O) groups is 1. The highest BCUT2D eigenvalue weighted by atomic mass is 35.5. The van der Waals surface area contributed by atoms with Crippen molar-refractivity contribution in [3.05, 3.63) is 55.0 Å². The van der Waals surface area contributed by atoms with Gasteiger partial charge in [-0.2, -0.15) is 0 Å². The van der Waals surface area contributed by atoms with Crippen molar-refractivity contribution in [1.82, 2.24) is 9.78 Å². The lowest BCUT2D eigenvalue weighted by atomic mass is 10.3. The van der Waals surface area contributed by atoms with Gasteiger partial charge in [-0.15, -0.1) is 0 Å². The maximum absolute atomic E-state index is 11.9. The molecule has 2 rings (SSSR count). The van der Waals surface area contributed by atoms with Gasteiger partial charge in [0.15, 0.2) is 0 Å². The van der Waals surface area contributed by atoms with E-state index >= 15 is 0 Å². The van der Waals surface area contributed by atoms with E-state index in [0.29, 0.717) is 5.69 Å². The highest BCUT2D eigenvalue weighted by Gasteiger charge is 2.12. The van der Waals surface area contributed by atoms with Crippen LogP contribution in [0.2, 0.25) is 10.0 Å². The molecule has 1 aromatic carbocycles. The fourth-order valence-electron chi connectivity index (χ4n) is 1.61. The Morgan fingerprint density at radius 1 is 1.24 bits per heavy atom. The van der Waals surface area contributed by atoms with E-state index in [2.05, 4.69) is 10.4 Å². The largest absolute Gasteiger partial charge is 0.399 e. The molecule has 0 saturated carbocycles. The van der Waals surface area contributed by atoms with Crippen LogP contribution in [-0.2, 0) is 11.3 Å². The Labute approximate surface area is 128 Å². The lowest BCUT2D eigenvalue weighted by Crippen LogP contribution is -2.32. The molecule has 0 fully saturated rings. The summed E-state index contributed by atoms with van der Waals surface area (Å²) < 4.78 is 0.872. The zero-order valence-electron chi connectivity index (χ0n) is 10.5. The van der Waals surface area contributed by atoms with Crippen LogP contribution in [0.25, 0.3) is 0 Å². The van der Waals surface area contributed by atoms with E-state index in [4.69, 9.17) is 28.9 Å². The first kappa shape index (κ1) is 15.1. The molecule has 0 saturated heterocycles. The molecule has 0 atom stereocenters. The number of aromatic nitrogens is 2. The molecule has 0 aliphatic rings. The Morgan fingerprint density at radius 3 is 2.48 bits per heavy atom. The number of nitrogen functional groups attached to an aromatic ring is 1. The standard InChI is InChI=1S/C12H10Cl2N4O3/c13-7-3-6(15)4-8(14)12(7)16-10(20)5-18-11(21)2-1-9(19)17-18/h1-4H,5,15H2,(H,16,20)(H,17,19). The lowest BCUT2D eigenvalue weighted by Gasteiger charge is -2.10. The van der Waals surface area contributed by atoms with Crippen LogP contribution in [0.4, 0.5) is 11.4 Å². The normalized spacial score (nSPS) is 10.4. The average Bonchev–Trinajstić information content (AvgIpc) is 2.38. The summed E-state index contributed by atoms with van der Waals surface area (Å²) in [5.74, 6) is -0.576. The van der Waals surface area contributed by atoms with Crippen LogP contribution in [0.3, 0.4) is 0 Å². The van der Waals surface area contributed by atoms with E-state index in [0.717, 1.165) is 16.8 Å². The molecule has 2 aromatic rings. The van der Waals surface area contributed by atoms with Gasteiger partial charge in [-0.05, 0) is 12.1 Å². The molecule has 9 heteroatoms. The second kappa shape index (κ2) is 6.02. The summed E-state index contributed by atoms with van der Waals surface area (Å²) in [7, 11) is 0. The average molecular weight is 329 g/mol. The van der Waals surface area contributed by atoms with Gasteiger partial charge in [-0.3, -0.25) is 19.5 Å². The fourth-order valence-corrected chi connectivity index (χ4v) is 2.21. The number of halogens is 2. The van der Waals surface area contributed by atoms with Crippen LogP contribution in [0.1, 0.15) is 0 Å². The second-order valence-electron chi connectivity index (χ2n) is 4.14. The Balaban J connectivity index is 2.21. The predicted molar refractivity (Wildman–Crippen MR) is 80.8 cm³/mol. The molecule has 1 heterocycles. The number of hydrogen-bond acceptors (Lipinski definition) is 4. The van der Waals surface area contributed by atoms with Crippen molar-refractivity contribution in [3.63, 3.8) is 0 Å². The minimum Gasteiger partial charge on any atom is -0.399 e. The topological polar surface area (TPSA) is 110 Å². The monoisotopic (exact) mass is 328 g/mol. The number of benzene rings is 1. The Hall–Kier alpha value is -2.25. The van der Waals surface area contributed by atoms with Crippen molar-refractivity contribution < 1.29 is 4.79 Å². The molecule has 1 aromatic heterocycles. The third kappa shape index (κ3) is 3.65. The van der Waals surface area contributed by atoms with Gasteiger partial charge < -0.3 is 11.1 Å². The number of hydrogen-bond donors (Lipinski definition) is 3. The first-order valence-corrected chi connectivity index (χ1v) is 6.47. The van der Waals surface area contributed by atoms with Crippen LogP contribution in [-0.4, -0.2) is 15.7 Å². The quantitative estimate of drug-likeness (QED) is 0.732. The number of H-pyrrole nitrogens is 1. The molecule has 0 aliphatic carbocycles. The molecule has 0 radical (unpaired) electrons. The van der Waals surface area contributed by atoms with E-state index in [1.165, 1.54) is 12.1 Å². The van der Waals surface area contributed by atoms with E-state index < -0.39 is 17.0 Å². The molecule has 110 valence electrons. The SMILES string of the molecule is Nc1cc(Cl)c(NC(=O)Cn2[nH]c(=O)ccc2=O)c(Cl)c1. The van der Waals surface area contributed by atoms with Crippen molar-refractivity contribution in [2.45, 2.75) is 6.54 Å². The first-order valence-electron chi connectivity index (χ1n) is 5.71. The Bertz CT molecular complexity index is 790. The van der Waals surface area contributed by atoms with Crippen LogP contribution in [0.5, 0.6) is 0 Å². The summed E-state index contributed by atoms with van der Waals surface area (Å²) in [5, 5.41) is 5.03. The molecular weight excluding hydrogens is 319 g/mol. The number of rotatable bonds is 3. The van der Waals surface area contributed by atoms with Gasteiger partial charge in [0.05, 0.1) is 15.7 Å². The maximum atomic E-state index is 11.9. The molecule has 4 N–H and O–H groups in total. The highest BCUT2D eigenvalue weighted by molar-refractivity contribution is 6.40. The van der Waals surface area contributed by atoms with Crippen LogP contribution in [0, 0.1) is 0 Å². The second-order valence-corrected chi connectivity index (χ2v) is 4.96. The van der Waals surface area contributed by atoms with E-state index in [1.807, 2.05) is 0 Å². The zero-order chi connectivity index (χ0) is 15.6. The minimum atomic E-state index is -0.576. The molecule has 0 bridgehead atoms. The summed E-state index contributed by atoms with van der Waals surface area (Å²) in [6.45, 7) is -0.383. The maximum Gasteiger partial charge on any atom is 0.265 e. The third-order valence-corrected chi connectivity index (χ3v) is 3.12. The van der Waals surface area contributed by atoms with Gasteiger partial charge >= 0.3 is 0 Å². The molecule has 0 spiro atoms. The van der Waals surface area contributed by atoms with Gasteiger partial charge in [0.2, 0.25) is 5.91 Å². The predicted octanol–water partition coefficient (Wildman–Crippen LogP) is 1.06. The smallest absolute Gasteiger partial charge is 0.265 e. The van der Waals surface area contributed by atoms with Crippen LogP contribution in [0.15, 0.2) is 33.9 Å². The van der Waals surface area contributed by atoms with Gasteiger partial charge in [0.1, 0.15) is 6.54 Å². The van der Waals surface area contributed by atoms with Gasteiger partial charge in [0.25, 0.3) is 11.1 Å². The number of nitrogens with one attached hydrogen (secondary N) is 2. The van der Waals surface area contributed by atoms with Crippen molar-refractivity contribution in [2.24, 2.45) is 0 Å². The van der Waals surface area contributed by atoms with Crippen LogP contribution >= 0.6 is 23.2 Å².